The maximum atomic E-state index is 12.0. The number of hydrogen-bond donors (Lipinski definition) is 0. The lowest BCUT2D eigenvalue weighted by Crippen LogP contribution is -2.21. The Morgan fingerprint density at radius 3 is 1.88 bits per heavy atom. The Hall–Kier alpha value is 1.30. The summed E-state index contributed by atoms with van der Waals surface area (Å²) in [5.41, 5.74) is 0. The van der Waals surface area contributed by atoms with Crippen molar-refractivity contribution in [1.29, 1.82) is 0 Å². The molecule has 1 atom stereocenters. The van der Waals surface area contributed by atoms with Crippen molar-refractivity contribution in [3.05, 3.63) is 0 Å². The van der Waals surface area contributed by atoms with Crippen LogP contribution in [0.3, 0.4) is 0 Å². The average Bonchev–Trinajstić information content (AvgIpc) is 1.62. The van der Waals surface area contributed by atoms with Gasteiger partial charge in [0.2, 0.25) is 0 Å². The summed E-state index contributed by atoms with van der Waals surface area (Å²) in [4.78, 5) is -3.65. The third-order valence-corrected chi connectivity index (χ3v) is 4.07. The van der Waals surface area contributed by atoms with E-state index in [1.807, 2.05) is 0 Å². The second-order valence-corrected chi connectivity index (χ2v) is 3.97. The zero-order valence-electron chi connectivity index (χ0n) is 3.67. The molecular formula is C3H3Br3F2. The van der Waals surface area contributed by atoms with Crippen LogP contribution in [0.15, 0.2) is 0 Å². The fourth-order valence-corrected chi connectivity index (χ4v) is 1.09. The van der Waals surface area contributed by atoms with Gasteiger partial charge >= 0.3 is 4.83 Å². The molecule has 0 spiro atoms. The molecule has 0 radical (unpaired) electrons. The lowest BCUT2D eigenvalue weighted by molar-refractivity contribution is 0.120. The molecule has 0 bridgehead atoms. The van der Waals surface area contributed by atoms with Crippen molar-refractivity contribution in [2.75, 3.05) is 5.33 Å². The van der Waals surface area contributed by atoms with Crippen LogP contribution in [0.25, 0.3) is 0 Å². The normalized spacial score (nSPS) is 16.1. The first-order valence-corrected chi connectivity index (χ1v) is 4.58. The molecule has 0 aliphatic heterocycles. The quantitative estimate of drug-likeness (QED) is 0.687. The van der Waals surface area contributed by atoms with Gasteiger partial charge in [-0.05, 0) is 15.9 Å². The molecule has 0 amide bonds. The van der Waals surface area contributed by atoms with Crippen LogP contribution in [0.2, 0.25) is 0 Å². The highest BCUT2D eigenvalue weighted by Crippen LogP contribution is 2.32. The van der Waals surface area contributed by atoms with Crippen LogP contribution in [-0.2, 0) is 0 Å². The maximum absolute atomic E-state index is 12.0. The van der Waals surface area contributed by atoms with Crippen molar-refractivity contribution in [2.45, 2.75) is 9.66 Å². The van der Waals surface area contributed by atoms with Crippen LogP contribution in [0.1, 0.15) is 0 Å². The lowest BCUT2D eigenvalue weighted by atomic mass is 10.5. The van der Waals surface area contributed by atoms with Crippen LogP contribution in [0.5, 0.6) is 0 Å². The summed E-state index contributed by atoms with van der Waals surface area (Å²) in [5.74, 6) is 0. The van der Waals surface area contributed by atoms with E-state index in [4.69, 9.17) is 0 Å². The van der Waals surface area contributed by atoms with E-state index < -0.39 is 9.66 Å². The second-order valence-electron chi connectivity index (χ2n) is 1.16. The Morgan fingerprint density at radius 1 is 1.50 bits per heavy atom. The summed E-state index contributed by atoms with van der Waals surface area (Å²) in [6.45, 7) is 0. The van der Waals surface area contributed by atoms with Gasteiger partial charge in [-0.15, -0.1) is 0 Å². The predicted molar refractivity (Wildman–Crippen MR) is 40.4 cm³/mol. The molecule has 0 rings (SSSR count). The summed E-state index contributed by atoms with van der Waals surface area (Å²) in [6, 6.07) is 0. The monoisotopic (exact) mass is 314 g/mol. The van der Waals surface area contributed by atoms with Gasteiger partial charge in [0.1, 0.15) is 0 Å². The molecule has 0 nitrogen and oxygen atoms in total. The second kappa shape index (κ2) is 3.46. The fraction of sp³-hybridized carbons (Fsp3) is 1.00. The topological polar surface area (TPSA) is 0 Å². The van der Waals surface area contributed by atoms with Crippen LogP contribution in [0, 0.1) is 0 Å². The van der Waals surface area contributed by atoms with E-state index in [2.05, 4.69) is 47.8 Å². The van der Waals surface area contributed by atoms with Crippen molar-refractivity contribution < 1.29 is 8.78 Å². The van der Waals surface area contributed by atoms with E-state index in [0.717, 1.165) is 0 Å². The van der Waals surface area contributed by atoms with Crippen LogP contribution >= 0.6 is 47.8 Å². The number of rotatable bonds is 2. The Balaban J connectivity index is 3.62. The Bertz CT molecular complexity index is 69.4. The third kappa shape index (κ3) is 3.35. The van der Waals surface area contributed by atoms with Crippen molar-refractivity contribution in [3.63, 3.8) is 0 Å². The molecule has 0 aliphatic carbocycles. The molecule has 0 aromatic rings. The Morgan fingerprint density at radius 2 is 1.88 bits per heavy atom. The van der Waals surface area contributed by atoms with E-state index in [9.17, 15) is 8.78 Å². The van der Waals surface area contributed by atoms with Gasteiger partial charge in [0.25, 0.3) is 0 Å². The van der Waals surface area contributed by atoms with Gasteiger partial charge in [-0.3, -0.25) is 0 Å². The van der Waals surface area contributed by atoms with Crippen molar-refractivity contribution in [3.8, 4) is 0 Å². The minimum atomic E-state index is -2.81. The summed E-state index contributed by atoms with van der Waals surface area (Å²) in [5, 5.41) is 0.227. The highest BCUT2D eigenvalue weighted by molar-refractivity contribution is 9.13. The molecule has 1 unspecified atom stereocenters. The van der Waals surface area contributed by atoms with E-state index >= 15 is 0 Å². The predicted octanol–water partition coefficient (Wildman–Crippen LogP) is 3.13. The standard InChI is InChI=1S/C3H3Br3F2/c4-1-2(5)3(6,7)8/h2H,1H2. The summed E-state index contributed by atoms with van der Waals surface area (Å²) in [6.07, 6.45) is 0. The number of hydrogen-bond acceptors (Lipinski definition) is 0. The van der Waals surface area contributed by atoms with Crippen molar-refractivity contribution >= 4 is 47.8 Å². The highest BCUT2D eigenvalue weighted by Gasteiger charge is 2.32. The van der Waals surface area contributed by atoms with Gasteiger partial charge in [0.05, 0.1) is 4.83 Å². The molecule has 0 saturated carbocycles. The van der Waals surface area contributed by atoms with E-state index in [-0.39, 0.29) is 5.33 Å². The van der Waals surface area contributed by atoms with Gasteiger partial charge < -0.3 is 0 Å². The van der Waals surface area contributed by atoms with Crippen LogP contribution in [0.4, 0.5) is 8.78 Å². The molecule has 8 heavy (non-hydrogen) atoms. The fourth-order valence-electron chi connectivity index (χ4n) is 0.0875. The average molecular weight is 317 g/mol. The molecule has 0 saturated heterocycles. The van der Waals surface area contributed by atoms with Crippen molar-refractivity contribution in [2.24, 2.45) is 0 Å². The first-order chi connectivity index (χ1) is 3.48. The van der Waals surface area contributed by atoms with Gasteiger partial charge in [-0.2, -0.15) is 8.78 Å². The van der Waals surface area contributed by atoms with Crippen LogP contribution in [-0.4, -0.2) is 15.0 Å². The van der Waals surface area contributed by atoms with Gasteiger partial charge in [-0.1, -0.05) is 31.9 Å². The van der Waals surface area contributed by atoms with Crippen molar-refractivity contribution in [1.82, 2.24) is 0 Å². The molecule has 0 fully saturated rings. The zero-order chi connectivity index (χ0) is 6.78. The first kappa shape index (κ1) is 9.30. The molecule has 50 valence electrons. The number of halogens is 5. The first-order valence-electron chi connectivity index (χ1n) is 1.75. The smallest absolute Gasteiger partial charge is 0.192 e. The largest absolute Gasteiger partial charge is 0.314 e. The van der Waals surface area contributed by atoms with Gasteiger partial charge in [0, 0.05) is 5.33 Å². The molecule has 0 N–H and O–H groups in total. The zero-order valence-corrected chi connectivity index (χ0v) is 8.43. The SMILES string of the molecule is FC(F)(Br)C(Br)CBr. The molecule has 0 aromatic carbocycles. The number of alkyl halides is 5. The van der Waals surface area contributed by atoms with E-state index in [0.29, 0.717) is 0 Å². The summed E-state index contributed by atoms with van der Waals surface area (Å²) >= 11 is 7.84. The summed E-state index contributed by atoms with van der Waals surface area (Å²) in [7, 11) is 0. The minimum Gasteiger partial charge on any atom is -0.192 e. The highest BCUT2D eigenvalue weighted by atomic mass is 79.9. The lowest BCUT2D eigenvalue weighted by Gasteiger charge is -2.11. The summed E-state index contributed by atoms with van der Waals surface area (Å²) < 4.78 is 23.9. The maximum Gasteiger partial charge on any atom is 0.314 e. The molecule has 0 aromatic heterocycles. The van der Waals surface area contributed by atoms with Crippen LogP contribution < -0.4 is 0 Å². The molecule has 5 heteroatoms. The Labute approximate surface area is 71.4 Å². The van der Waals surface area contributed by atoms with Gasteiger partial charge in [0.15, 0.2) is 0 Å². The van der Waals surface area contributed by atoms with E-state index in [1.165, 1.54) is 0 Å². The molecular weight excluding hydrogens is 314 g/mol. The molecule has 0 aliphatic rings. The Kier molecular flexibility index (Phi) is 4.03. The molecule has 0 heterocycles. The third-order valence-electron chi connectivity index (χ3n) is 0.491. The van der Waals surface area contributed by atoms with Gasteiger partial charge in [-0.25, -0.2) is 0 Å². The van der Waals surface area contributed by atoms with E-state index in [1.54, 1.807) is 0 Å². The minimum absolute atomic E-state index is 0.227.